The summed E-state index contributed by atoms with van der Waals surface area (Å²) in [5.74, 6) is 1.18. The monoisotopic (exact) mass is 285 g/mol. The fourth-order valence-corrected chi connectivity index (χ4v) is 2.79. The lowest BCUT2D eigenvalue weighted by Gasteiger charge is -2.16. The van der Waals surface area contributed by atoms with Crippen LogP contribution in [0.2, 0.25) is 0 Å². The van der Waals surface area contributed by atoms with Crippen molar-refractivity contribution in [3.63, 3.8) is 0 Å². The largest absolute Gasteiger partial charge is 0.378 e. The smallest absolute Gasteiger partial charge is 0.260 e. The van der Waals surface area contributed by atoms with Gasteiger partial charge in [-0.1, -0.05) is 17.3 Å². The Morgan fingerprint density at radius 3 is 2.80 bits per heavy atom. The summed E-state index contributed by atoms with van der Waals surface area (Å²) < 4.78 is 5.26. The van der Waals surface area contributed by atoms with Crippen LogP contribution >= 0.6 is 11.3 Å². The van der Waals surface area contributed by atoms with E-state index < -0.39 is 0 Å². The summed E-state index contributed by atoms with van der Waals surface area (Å²) in [6.07, 6.45) is 0. The van der Waals surface area contributed by atoms with Crippen molar-refractivity contribution in [1.82, 2.24) is 10.1 Å². The van der Waals surface area contributed by atoms with Crippen LogP contribution in [-0.2, 0) is 0 Å². The first kappa shape index (κ1) is 12.9. The molecule has 0 spiro atoms. The summed E-state index contributed by atoms with van der Waals surface area (Å²) in [6.45, 7) is 3.95. The molecule has 1 N–H and O–H groups in total. The molecule has 0 saturated heterocycles. The minimum absolute atomic E-state index is 0.228. The zero-order chi connectivity index (χ0) is 13.9. The number of aryl methyl sites for hydroxylation is 1. The molecule has 1 atom stereocenters. The summed E-state index contributed by atoms with van der Waals surface area (Å²) in [5, 5.41) is 11.6. The van der Waals surface area contributed by atoms with Gasteiger partial charge in [-0.2, -0.15) is 16.3 Å². The maximum absolute atomic E-state index is 5.26. The fraction of sp³-hybridized carbons (Fsp3) is 0.200. The third-order valence-electron chi connectivity index (χ3n) is 3.10. The third-order valence-corrected chi connectivity index (χ3v) is 3.80. The van der Waals surface area contributed by atoms with E-state index in [0.717, 1.165) is 11.3 Å². The number of thiophene rings is 1. The molecule has 5 heteroatoms. The number of nitrogens with one attached hydrogen (secondary N) is 1. The van der Waals surface area contributed by atoms with Crippen LogP contribution < -0.4 is 5.32 Å². The molecular formula is C15H15N3OS. The van der Waals surface area contributed by atoms with E-state index in [1.54, 1.807) is 11.3 Å². The van der Waals surface area contributed by atoms with E-state index in [2.05, 4.69) is 39.2 Å². The molecule has 2 aromatic heterocycles. The molecule has 0 amide bonds. The van der Waals surface area contributed by atoms with E-state index in [1.807, 2.05) is 31.2 Å². The number of benzene rings is 1. The van der Waals surface area contributed by atoms with Gasteiger partial charge in [-0.05, 0) is 48.4 Å². The standard InChI is InChI=1S/C15H15N3OS/c1-10(12-7-8-20-9-12)16-14-6-4-3-5-13(14)15-17-11(2)18-19-15/h3-10,16H,1-2H3. The van der Waals surface area contributed by atoms with Gasteiger partial charge in [0, 0.05) is 11.7 Å². The molecule has 0 fully saturated rings. The number of anilines is 1. The molecule has 20 heavy (non-hydrogen) atoms. The first-order valence-corrected chi connectivity index (χ1v) is 7.36. The van der Waals surface area contributed by atoms with Crippen molar-refractivity contribution in [2.45, 2.75) is 19.9 Å². The third kappa shape index (κ3) is 2.58. The summed E-state index contributed by atoms with van der Waals surface area (Å²) >= 11 is 1.70. The molecular weight excluding hydrogens is 270 g/mol. The van der Waals surface area contributed by atoms with E-state index >= 15 is 0 Å². The molecule has 0 aliphatic heterocycles. The van der Waals surface area contributed by atoms with Gasteiger partial charge in [-0.3, -0.25) is 0 Å². The lowest BCUT2D eigenvalue weighted by atomic mass is 10.1. The Balaban J connectivity index is 1.90. The van der Waals surface area contributed by atoms with Gasteiger partial charge >= 0.3 is 0 Å². The normalized spacial score (nSPS) is 12.3. The summed E-state index contributed by atoms with van der Waals surface area (Å²) in [7, 11) is 0. The van der Waals surface area contributed by atoms with Crippen LogP contribution in [0.25, 0.3) is 11.5 Å². The molecule has 0 bridgehead atoms. The zero-order valence-corrected chi connectivity index (χ0v) is 12.1. The molecule has 1 unspecified atom stereocenters. The molecule has 0 radical (unpaired) electrons. The predicted molar refractivity (Wildman–Crippen MR) is 80.8 cm³/mol. The molecule has 0 aliphatic carbocycles. The van der Waals surface area contributed by atoms with Crippen LogP contribution in [0.1, 0.15) is 24.4 Å². The highest BCUT2D eigenvalue weighted by atomic mass is 32.1. The Bertz CT molecular complexity index is 691. The Morgan fingerprint density at radius 2 is 2.10 bits per heavy atom. The van der Waals surface area contributed by atoms with E-state index in [4.69, 9.17) is 4.52 Å². The van der Waals surface area contributed by atoms with Gasteiger partial charge in [0.2, 0.25) is 0 Å². The number of aromatic nitrogens is 2. The molecule has 3 aromatic rings. The first-order chi connectivity index (χ1) is 9.74. The van der Waals surface area contributed by atoms with Crippen molar-refractivity contribution < 1.29 is 4.52 Å². The van der Waals surface area contributed by atoms with E-state index in [-0.39, 0.29) is 6.04 Å². The van der Waals surface area contributed by atoms with Gasteiger partial charge in [0.05, 0.1) is 5.56 Å². The van der Waals surface area contributed by atoms with Gasteiger partial charge in [-0.15, -0.1) is 0 Å². The van der Waals surface area contributed by atoms with E-state index in [1.165, 1.54) is 5.56 Å². The highest BCUT2D eigenvalue weighted by Gasteiger charge is 2.13. The number of hydrogen-bond donors (Lipinski definition) is 1. The molecule has 4 nitrogen and oxygen atoms in total. The Morgan fingerprint density at radius 1 is 1.25 bits per heavy atom. The predicted octanol–water partition coefficient (Wildman–Crippen LogP) is 4.28. The van der Waals surface area contributed by atoms with Crippen LogP contribution in [0.4, 0.5) is 5.69 Å². The Labute approximate surface area is 121 Å². The Hall–Kier alpha value is -2.14. The number of hydrogen-bond acceptors (Lipinski definition) is 5. The highest BCUT2D eigenvalue weighted by molar-refractivity contribution is 7.07. The number of nitrogens with zero attached hydrogens (tertiary/aromatic N) is 2. The molecule has 0 saturated carbocycles. The van der Waals surface area contributed by atoms with Gasteiger partial charge < -0.3 is 9.84 Å². The number of rotatable bonds is 4. The van der Waals surface area contributed by atoms with Gasteiger partial charge in [-0.25, -0.2) is 0 Å². The van der Waals surface area contributed by atoms with E-state index in [0.29, 0.717) is 11.7 Å². The van der Waals surface area contributed by atoms with E-state index in [9.17, 15) is 0 Å². The summed E-state index contributed by atoms with van der Waals surface area (Å²) in [4.78, 5) is 4.30. The van der Waals surface area contributed by atoms with Crippen LogP contribution in [0.15, 0.2) is 45.6 Å². The van der Waals surface area contributed by atoms with Gasteiger partial charge in [0.1, 0.15) is 0 Å². The molecule has 0 aliphatic rings. The topological polar surface area (TPSA) is 51.0 Å². The van der Waals surface area contributed by atoms with Crippen molar-refractivity contribution in [3.8, 4) is 11.5 Å². The molecule has 102 valence electrons. The van der Waals surface area contributed by atoms with Crippen LogP contribution in [0.5, 0.6) is 0 Å². The molecule has 3 rings (SSSR count). The minimum atomic E-state index is 0.228. The maximum atomic E-state index is 5.26. The number of para-hydroxylation sites is 1. The lowest BCUT2D eigenvalue weighted by Crippen LogP contribution is -2.06. The highest BCUT2D eigenvalue weighted by Crippen LogP contribution is 2.29. The second-order valence-corrected chi connectivity index (χ2v) is 5.40. The van der Waals surface area contributed by atoms with Crippen LogP contribution in [-0.4, -0.2) is 10.1 Å². The molecule has 1 aromatic carbocycles. The SMILES string of the molecule is Cc1noc(-c2ccccc2NC(C)c2ccsc2)n1. The van der Waals surface area contributed by atoms with Crippen LogP contribution in [0, 0.1) is 6.92 Å². The first-order valence-electron chi connectivity index (χ1n) is 6.42. The fourth-order valence-electron chi connectivity index (χ4n) is 2.04. The van der Waals surface area contributed by atoms with Gasteiger partial charge in [0.25, 0.3) is 5.89 Å². The van der Waals surface area contributed by atoms with Crippen molar-refractivity contribution in [2.75, 3.05) is 5.32 Å². The van der Waals surface area contributed by atoms with Crippen LogP contribution in [0.3, 0.4) is 0 Å². The summed E-state index contributed by atoms with van der Waals surface area (Å²) in [5.41, 5.74) is 3.19. The summed E-state index contributed by atoms with van der Waals surface area (Å²) in [6, 6.07) is 10.3. The quantitative estimate of drug-likeness (QED) is 0.777. The second-order valence-electron chi connectivity index (χ2n) is 4.62. The second kappa shape index (κ2) is 5.46. The van der Waals surface area contributed by atoms with Crippen molar-refractivity contribution >= 4 is 17.0 Å². The molecule has 2 heterocycles. The average Bonchev–Trinajstić information content (AvgIpc) is 3.10. The lowest BCUT2D eigenvalue weighted by molar-refractivity contribution is 0.425. The average molecular weight is 285 g/mol. The maximum Gasteiger partial charge on any atom is 0.260 e. The van der Waals surface area contributed by atoms with Gasteiger partial charge in [0.15, 0.2) is 5.82 Å². The Kier molecular flexibility index (Phi) is 3.52. The zero-order valence-electron chi connectivity index (χ0n) is 11.3. The van der Waals surface area contributed by atoms with Crippen molar-refractivity contribution in [2.24, 2.45) is 0 Å². The van der Waals surface area contributed by atoms with Crippen molar-refractivity contribution in [3.05, 3.63) is 52.5 Å². The van der Waals surface area contributed by atoms with Crippen molar-refractivity contribution in [1.29, 1.82) is 0 Å². The minimum Gasteiger partial charge on any atom is -0.378 e.